The molecule has 6 heteroatoms. The monoisotopic (exact) mass is 926 g/mol. The van der Waals surface area contributed by atoms with Crippen LogP contribution in [0, 0.1) is 0 Å². The summed E-state index contributed by atoms with van der Waals surface area (Å²) in [5, 5.41) is 23.9. The number of aliphatic hydroxyl groups excluding tert-OH is 2. The van der Waals surface area contributed by atoms with Crippen molar-refractivity contribution < 1.29 is 24.5 Å². The van der Waals surface area contributed by atoms with Crippen LogP contribution >= 0.6 is 0 Å². The first-order chi connectivity index (χ1) is 32.5. The number of carbonyl (C=O) groups is 2. The summed E-state index contributed by atoms with van der Waals surface area (Å²) in [6, 6.07) is -0.706. The van der Waals surface area contributed by atoms with Crippen molar-refractivity contribution in [2.24, 2.45) is 0 Å². The molecule has 0 spiro atoms. The van der Waals surface area contributed by atoms with E-state index in [0.29, 0.717) is 19.3 Å². The highest BCUT2D eigenvalue weighted by Crippen LogP contribution is 2.19. The van der Waals surface area contributed by atoms with Crippen LogP contribution < -0.4 is 5.32 Å². The van der Waals surface area contributed by atoms with E-state index in [1.807, 2.05) is 0 Å². The van der Waals surface area contributed by atoms with Crippen molar-refractivity contribution in [2.75, 3.05) is 6.61 Å². The zero-order valence-electron chi connectivity index (χ0n) is 44.1. The summed E-state index contributed by atoms with van der Waals surface area (Å²) in [5.74, 6) is -0.487. The number of nitrogens with one attached hydrogen (secondary N) is 1. The minimum Gasteiger partial charge on any atom is -0.462 e. The number of esters is 1. The lowest BCUT2D eigenvalue weighted by Crippen LogP contribution is -2.46. The Balaban J connectivity index is 4.55. The third-order valence-corrected chi connectivity index (χ3v) is 13.3. The summed E-state index contributed by atoms with van der Waals surface area (Å²) in [5.41, 5.74) is 0. The highest BCUT2D eigenvalue weighted by atomic mass is 16.5. The van der Waals surface area contributed by atoms with Crippen LogP contribution in [0.1, 0.15) is 297 Å². The molecule has 1 amide bonds. The molecule has 0 heterocycles. The maximum Gasteiger partial charge on any atom is 0.306 e. The van der Waals surface area contributed by atoms with Gasteiger partial charge >= 0.3 is 5.97 Å². The van der Waals surface area contributed by atoms with Crippen molar-refractivity contribution in [1.82, 2.24) is 5.32 Å². The van der Waals surface area contributed by atoms with Crippen molar-refractivity contribution >= 4 is 11.9 Å². The fourth-order valence-electron chi connectivity index (χ4n) is 8.86. The van der Waals surface area contributed by atoms with Crippen LogP contribution in [-0.2, 0) is 14.3 Å². The van der Waals surface area contributed by atoms with Crippen LogP contribution in [-0.4, -0.2) is 46.9 Å². The number of hydrogen-bond acceptors (Lipinski definition) is 5. The molecule has 0 aliphatic heterocycles. The summed E-state index contributed by atoms with van der Waals surface area (Å²) in [7, 11) is 0. The summed E-state index contributed by atoms with van der Waals surface area (Å²) in [6.45, 7) is 6.47. The van der Waals surface area contributed by atoms with Crippen LogP contribution in [0.5, 0.6) is 0 Å². The Bertz CT molecular complexity index is 1130. The zero-order chi connectivity index (χ0) is 48.1. The van der Waals surface area contributed by atoms with Gasteiger partial charge < -0.3 is 20.3 Å². The molecule has 0 aromatic rings. The van der Waals surface area contributed by atoms with Gasteiger partial charge in [0.25, 0.3) is 0 Å². The largest absolute Gasteiger partial charge is 0.462 e. The summed E-state index contributed by atoms with van der Waals surface area (Å²) in [6.07, 6.45) is 66.0. The van der Waals surface area contributed by atoms with Crippen LogP contribution in [0.15, 0.2) is 48.6 Å². The number of amides is 1. The zero-order valence-corrected chi connectivity index (χ0v) is 44.1. The number of aliphatic hydroxyl groups is 2. The Morgan fingerprint density at radius 1 is 0.439 bits per heavy atom. The molecule has 3 N–H and O–H groups in total. The van der Waals surface area contributed by atoms with Gasteiger partial charge in [-0.25, -0.2) is 0 Å². The molecule has 0 radical (unpaired) electrons. The highest BCUT2D eigenvalue weighted by molar-refractivity contribution is 5.77. The summed E-state index contributed by atoms with van der Waals surface area (Å²) in [4.78, 5) is 26.3. The Labute approximate surface area is 410 Å². The molecular formula is C60H111NO5. The van der Waals surface area contributed by atoms with E-state index in [4.69, 9.17) is 4.74 Å². The standard InChI is InChI=1S/C60H111NO5/c1-4-7-10-13-16-19-22-25-27-29-30-32-35-38-41-44-47-50-53-60(65)66-56(51-48-45-42-39-36-33-24-21-18-15-12-9-6-3)54-59(64)61-57(55-62)58(63)52-49-46-43-40-37-34-31-28-26-23-20-17-14-11-8-5-2/h16,19,22,25,27,29-30,32,56-58,62-63H,4-15,17-18,20-21,23-24,26,28,31,33-55H2,1-3H3,(H,61,64)/b19-16+,25-22+,29-27+,32-30+. The number of rotatable bonds is 52. The predicted octanol–water partition coefficient (Wildman–Crippen LogP) is 17.8. The maximum absolute atomic E-state index is 13.3. The SMILES string of the molecule is CCCCC/C=C/C=C/C=C/C=C/CCCCCCCC(=O)OC(CCCCCCCCCCCCCCC)CC(=O)NC(CO)C(O)CCCCCCCCCCCCCCCCCC. The summed E-state index contributed by atoms with van der Waals surface area (Å²) < 4.78 is 5.95. The van der Waals surface area contributed by atoms with Crippen LogP contribution in [0.25, 0.3) is 0 Å². The number of hydrogen-bond donors (Lipinski definition) is 3. The van der Waals surface area contributed by atoms with E-state index in [1.165, 1.54) is 180 Å². The molecule has 0 saturated heterocycles. The molecule has 0 rings (SSSR count). The molecule has 6 nitrogen and oxygen atoms in total. The first-order valence-electron chi connectivity index (χ1n) is 28.9. The van der Waals surface area contributed by atoms with Gasteiger partial charge in [0.1, 0.15) is 6.10 Å². The van der Waals surface area contributed by atoms with Crippen molar-refractivity contribution in [2.45, 2.75) is 315 Å². The molecule has 66 heavy (non-hydrogen) atoms. The van der Waals surface area contributed by atoms with Crippen LogP contribution in [0.3, 0.4) is 0 Å². The number of unbranched alkanes of at least 4 members (excludes halogenated alkanes) is 35. The average molecular weight is 927 g/mol. The van der Waals surface area contributed by atoms with Crippen molar-refractivity contribution in [3.8, 4) is 0 Å². The average Bonchev–Trinajstić information content (AvgIpc) is 3.31. The summed E-state index contributed by atoms with van der Waals surface area (Å²) >= 11 is 0. The van der Waals surface area contributed by atoms with Gasteiger partial charge in [0.15, 0.2) is 0 Å². The van der Waals surface area contributed by atoms with Crippen LogP contribution in [0.2, 0.25) is 0 Å². The Morgan fingerprint density at radius 2 is 0.773 bits per heavy atom. The molecule has 3 atom stereocenters. The van der Waals surface area contributed by atoms with E-state index in [1.54, 1.807) is 0 Å². The van der Waals surface area contributed by atoms with E-state index in [9.17, 15) is 19.8 Å². The molecule has 0 bridgehead atoms. The quantitative estimate of drug-likeness (QED) is 0.0321. The van der Waals surface area contributed by atoms with Crippen molar-refractivity contribution in [1.29, 1.82) is 0 Å². The molecular weight excluding hydrogens is 815 g/mol. The van der Waals surface area contributed by atoms with E-state index in [0.717, 1.165) is 70.6 Å². The molecule has 3 unspecified atom stereocenters. The maximum atomic E-state index is 13.3. The third-order valence-electron chi connectivity index (χ3n) is 13.3. The van der Waals surface area contributed by atoms with Gasteiger partial charge in [0.05, 0.1) is 25.2 Å². The molecule has 0 aromatic heterocycles. The lowest BCUT2D eigenvalue weighted by molar-refractivity contribution is -0.151. The normalized spacial score (nSPS) is 13.5. The topological polar surface area (TPSA) is 95.9 Å². The molecule has 0 aliphatic carbocycles. The van der Waals surface area contributed by atoms with E-state index < -0.39 is 18.2 Å². The lowest BCUT2D eigenvalue weighted by Gasteiger charge is -2.24. The van der Waals surface area contributed by atoms with Gasteiger partial charge in [0.2, 0.25) is 5.91 Å². The smallest absolute Gasteiger partial charge is 0.306 e. The van der Waals surface area contributed by atoms with Crippen molar-refractivity contribution in [3.05, 3.63) is 48.6 Å². The minimum atomic E-state index is -0.791. The van der Waals surface area contributed by atoms with Gasteiger partial charge in [-0.1, -0.05) is 281 Å². The van der Waals surface area contributed by atoms with Gasteiger partial charge in [0, 0.05) is 6.42 Å². The first kappa shape index (κ1) is 63.8. The number of ether oxygens (including phenoxy) is 1. The molecule has 0 aliphatic rings. The number of carbonyl (C=O) groups excluding carboxylic acids is 2. The second-order valence-electron chi connectivity index (χ2n) is 19.8. The van der Waals surface area contributed by atoms with E-state index in [-0.39, 0.29) is 24.9 Å². The Morgan fingerprint density at radius 3 is 1.20 bits per heavy atom. The second kappa shape index (κ2) is 53.8. The first-order valence-corrected chi connectivity index (χ1v) is 28.9. The van der Waals surface area contributed by atoms with Gasteiger partial charge in [-0.15, -0.1) is 0 Å². The minimum absolute atomic E-state index is 0.0709. The van der Waals surface area contributed by atoms with E-state index >= 15 is 0 Å². The highest BCUT2D eigenvalue weighted by Gasteiger charge is 2.24. The fraction of sp³-hybridized carbons (Fsp3) is 0.833. The fourth-order valence-corrected chi connectivity index (χ4v) is 8.86. The van der Waals surface area contributed by atoms with Crippen LogP contribution in [0.4, 0.5) is 0 Å². The molecule has 0 saturated carbocycles. The molecule has 0 fully saturated rings. The van der Waals surface area contributed by atoms with E-state index in [2.05, 4.69) is 74.7 Å². The predicted molar refractivity (Wildman–Crippen MR) is 287 cm³/mol. The Kier molecular flexibility index (Phi) is 52.0. The third kappa shape index (κ3) is 48.3. The molecule has 386 valence electrons. The number of allylic oxidation sites excluding steroid dienone is 8. The van der Waals surface area contributed by atoms with Gasteiger partial charge in [-0.2, -0.15) is 0 Å². The molecule has 0 aromatic carbocycles. The van der Waals surface area contributed by atoms with Gasteiger partial charge in [-0.05, 0) is 51.4 Å². The van der Waals surface area contributed by atoms with Crippen molar-refractivity contribution in [3.63, 3.8) is 0 Å². The lowest BCUT2D eigenvalue weighted by atomic mass is 10.0. The second-order valence-corrected chi connectivity index (χ2v) is 19.8. The Hall–Kier alpha value is -2.18. The van der Waals surface area contributed by atoms with Gasteiger partial charge in [-0.3, -0.25) is 9.59 Å².